The predicted molar refractivity (Wildman–Crippen MR) is 70.1 cm³/mol. The molecule has 0 amide bonds. The second-order valence-corrected chi connectivity index (χ2v) is 5.93. The maximum Gasteiger partial charge on any atom is 0.320 e. The number of rotatable bonds is 6. The van der Waals surface area contributed by atoms with Crippen LogP contribution >= 0.6 is 0 Å². The lowest BCUT2D eigenvalue weighted by molar-refractivity contribution is -0.143. The molecule has 0 bridgehead atoms. The molecule has 0 aliphatic heterocycles. The Morgan fingerprint density at radius 2 is 1.88 bits per heavy atom. The molecule has 0 aromatic carbocycles. The third-order valence-electron chi connectivity index (χ3n) is 3.78. The molecule has 1 atom stereocenters. The second-order valence-electron chi connectivity index (χ2n) is 5.93. The van der Waals surface area contributed by atoms with Gasteiger partial charge in [0.05, 0.1) is 0 Å². The molecule has 0 aromatic heterocycles. The predicted octanol–water partition coefficient (Wildman–Crippen LogP) is 3.00. The van der Waals surface area contributed by atoms with Gasteiger partial charge in [-0.2, -0.15) is 0 Å². The van der Waals surface area contributed by atoms with E-state index in [-0.39, 0.29) is 6.04 Å². The zero-order valence-electron chi connectivity index (χ0n) is 11.5. The van der Waals surface area contributed by atoms with Gasteiger partial charge in [0.25, 0.3) is 0 Å². The molecular weight excluding hydrogens is 214 g/mol. The molecule has 0 saturated heterocycles. The Labute approximate surface area is 105 Å². The Balaban J connectivity index is 2.45. The van der Waals surface area contributed by atoms with Gasteiger partial charge in [-0.1, -0.05) is 33.1 Å². The zero-order valence-corrected chi connectivity index (χ0v) is 11.5. The van der Waals surface area contributed by atoms with Gasteiger partial charge in [0, 0.05) is 6.54 Å². The molecule has 1 aliphatic carbocycles. The maximum absolute atomic E-state index is 11.3. The first-order chi connectivity index (χ1) is 8.00. The third-order valence-corrected chi connectivity index (χ3v) is 3.78. The molecule has 1 aliphatic rings. The monoisotopic (exact) mass is 241 g/mol. The molecule has 1 fully saturated rings. The van der Waals surface area contributed by atoms with Crippen molar-refractivity contribution in [2.75, 3.05) is 13.6 Å². The largest absolute Gasteiger partial charge is 0.480 e. The smallest absolute Gasteiger partial charge is 0.320 e. The average molecular weight is 241 g/mol. The van der Waals surface area contributed by atoms with Crippen molar-refractivity contribution in [2.45, 2.75) is 58.4 Å². The molecule has 3 heteroatoms. The Morgan fingerprint density at radius 1 is 1.29 bits per heavy atom. The van der Waals surface area contributed by atoms with Crippen molar-refractivity contribution in [2.24, 2.45) is 11.8 Å². The van der Waals surface area contributed by atoms with E-state index >= 15 is 0 Å². The molecule has 17 heavy (non-hydrogen) atoms. The minimum atomic E-state index is -0.669. The summed E-state index contributed by atoms with van der Waals surface area (Å²) in [6, 6.07) is -0.308. The van der Waals surface area contributed by atoms with Gasteiger partial charge in [-0.3, -0.25) is 9.69 Å². The number of carboxylic acid groups (broad SMARTS) is 1. The molecule has 0 spiro atoms. The van der Waals surface area contributed by atoms with Crippen molar-refractivity contribution >= 4 is 5.97 Å². The molecule has 1 rings (SSSR count). The second kappa shape index (κ2) is 7.00. The van der Waals surface area contributed by atoms with Crippen LogP contribution < -0.4 is 0 Å². The lowest BCUT2D eigenvalue weighted by Gasteiger charge is -2.31. The lowest BCUT2D eigenvalue weighted by Crippen LogP contribution is -2.42. The standard InChI is InChI=1S/C14H27NO2/c1-11(2)9-13(14(16)17)15(3)10-12-7-5-4-6-8-12/h11-13H,4-10H2,1-3H3,(H,16,17). The highest BCUT2D eigenvalue weighted by Gasteiger charge is 2.26. The van der Waals surface area contributed by atoms with Crippen LogP contribution in [0, 0.1) is 11.8 Å². The van der Waals surface area contributed by atoms with E-state index in [1.54, 1.807) is 0 Å². The Morgan fingerprint density at radius 3 is 2.35 bits per heavy atom. The first kappa shape index (κ1) is 14.5. The molecule has 0 heterocycles. The van der Waals surface area contributed by atoms with Crippen molar-refractivity contribution < 1.29 is 9.90 Å². The van der Waals surface area contributed by atoms with Gasteiger partial charge in [-0.25, -0.2) is 0 Å². The van der Waals surface area contributed by atoms with Crippen LogP contribution in [-0.2, 0) is 4.79 Å². The quantitative estimate of drug-likeness (QED) is 0.777. The minimum absolute atomic E-state index is 0.308. The van der Waals surface area contributed by atoms with Crippen LogP contribution in [0.2, 0.25) is 0 Å². The third kappa shape index (κ3) is 5.07. The van der Waals surface area contributed by atoms with Crippen LogP contribution in [0.4, 0.5) is 0 Å². The fourth-order valence-electron chi connectivity index (χ4n) is 2.82. The summed E-state index contributed by atoms with van der Waals surface area (Å²) in [5, 5.41) is 9.28. The fraction of sp³-hybridized carbons (Fsp3) is 0.929. The first-order valence-corrected chi connectivity index (χ1v) is 6.93. The van der Waals surface area contributed by atoms with E-state index in [1.165, 1.54) is 32.1 Å². The van der Waals surface area contributed by atoms with Gasteiger partial charge >= 0.3 is 5.97 Å². The summed E-state index contributed by atoms with van der Waals surface area (Å²) in [5.74, 6) is 0.477. The summed E-state index contributed by atoms with van der Waals surface area (Å²) in [6.07, 6.45) is 7.30. The lowest BCUT2D eigenvalue weighted by atomic mass is 9.88. The van der Waals surface area contributed by atoms with Crippen molar-refractivity contribution in [1.29, 1.82) is 0 Å². The van der Waals surface area contributed by atoms with Crippen molar-refractivity contribution in [3.63, 3.8) is 0 Å². The summed E-state index contributed by atoms with van der Waals surface area (Å²) in [7, 11) is 1.97. The number of aliphatic carboxylic acids is 1. The van der Waals surface area contributed by atoms with Gasteiger partial charge in [0.1, 0.15) is 6.04 Å². The van der Waals surface area contributed by atoms with E-state index in [1.807, 2.05) is 7.05 Å². The zero-order chi connectivity index (χ0) is 12.8. The number of hydrogen-bond donors (Lipinski definition) is 1. The molecule has 100 valence electrons. The molecule has 1 saturated carbocycles. The van der Waals surface area contributed by atoms with E-state index in [9.17, 15) is 9.90 Å². The van der Waals surface area contributed by atoms with Crippen LogP contribution in [0.1, 0.15) is 52.4 Å². The van der Waals surface area contributed by atoms with Gasteiger partial charge in [-0.05, 0) is 38.1 Å². The number of hydrogen-bond acceptors (Lipinski definition) is 2. The van der Waals surface area contributed by atoms with Crippen LogP contribution in [0.5, 0.6) is 0 Å². The molecule has 1 N–H and O–H groups in total. The molecule has 3 nitrogen and oxygen atoms in total. The van der Waals surface area contributed by atoms with E-state index in [0.717, 1.165) is 13.0 Å². The van der Waals surface area contributed by atoms with E-state index in [2.05, 4.69) is 18.7 Å². The van der Waals surface area contributed by atoms with Crippen LogP contribution in [-0.4, -0.2) is 35.6 Å². The van der Waals surface area contributed by atoms with Crippen molar-refractivity contribution in [3.05, 3.63) is 0 Å². The maximum atomic E-state index is 11.3. The summed E-state index contributed by atoms with van der Waals surface area (Å²) in [6.45, 7) is 5.12. The van der Waals surface area contributed by atoms with Gasteiger partial charge < -0.3 is 5.11 Å². The topological polar surface area (TPSA) is 40.5 Å². The highest BCUT2D eigenvalue weighted by molar-refractivity contribution is 5.73. The van der Waals surface area contributed by atoms with Crippen molar-refractivity contribution in [1.82, 2.24) is 4.90 Å². The SMILES string of the molecule is CC(C)CC(C(=O)O)N(C)CC1CCCCC1. The average Bonchev–Trinajstić information content (AvgIpc) is 2.26. The first-order valence-electron chi connectivity index (χ1n) is 6.93. The number of carboxylic acids is 1. The summed E-state index contributed by atoms with van der Waals surface area (Å²) in [5.41, 5.74) is 0. The fourth-order valence-corrected chi connectivity index (χ4v) is 2.82. The van der Waals surface area contributed by atoms with Crippen LogP contribution in [0.3, 0.4) is 0 Å². The Hall–Kier alpha value is -0.570. The molecule has 0 aromatic rings. The summed E-state index contributed by atoms with van der Waals surface area (Å²) < 4.78 is 0. The number of likely N-dealkylation sites (N-methyl/N-ethyl adjacent to an activating group) is 1. The Bertz CT molecular complexity index is 234. The van der Waals surface area contributed by atoms with Gasteiger partial charge in [-0.15, -0.1) is 0 Å². The van der Waals surface area contributed by atoms with Crippen molar-refractivity contribution in [3.8, 4) is 0 Å². The Kier molecular flexibility index (Phi) is 5.96. The van der Waals surface area contributed by atoms with Gasteiger partial charge in [0.2, 0.25) is 0 Å². The van der Waals surface area contributed by atoms with E-state index in [0.29, 0.717) is 11.8 Å². The normalized spacial score (nSPS) is 19.8. The van der Waals surface area contributed by atoms with E-state index < -0.39 is 5.97 Å². The molecule has 0 radical (unpaired) electrons. The molecular formula is C14H27NO2. The van der Waals surface area contributed by atoms with Gasteiger partial charge in [0.15, 0.2) is 0 Å². The van der Waals surface area contributed by atoms with E-state index in [4.69, 9.17) is 0 Å². The number of nitrogens with zero attached hydrogens (tertiary/aromatic N) is 1. The van der Waals surface area contributed by atoms with Crippen LogP contribution in [0.15, 0.2) is 0 Å². The number of carbonyl (C=O) groups is 1. The summed E-state index contributed by atoms with van der Waals surface area (Å²) in [4.78, 5) is 13.3. The summed E-state index contributed by atoms with van der Waals surface area (Å²) >= 11 is 0. The van der Waals surface area contributed by atoms with Crippen LogP contribution in [0.25, 0.3) is 0 Å². The highest BCUT2D eigenvalue weighted by Crippen LogP contribution is 2.25. The highest BCUT2D eigenvalue weighted by atomic mass is 16.4. The molecule has 1 unspecified atom stereocenters. The minimum Gasteiger partial charge on any atom is -0.480 e.